The van der Waals surface area contributed by atoms with E-state index in [0.717, 1.165) is 54.3 Å². The van der Waals surface area contributed by atoms with Gasteiger partial charge >= 0.3 is 0 Å². The molecule has 2 aromatic heterocycles. The zero-order valence-corrected chi connectivity index (χ0v) is 18.3. The lowest BCUT2D eigenvalue weighted by molar-refractivity contribution is -0.124. The number of piperidine rings is 1. The van der Waals surface area contributed by atoms with E-state index in [9.17, 15) is 4.79 Å². The highest BCUT2D eigenvalue weighted by atomic mass is 32.2. The molecule has 30 heavy (non-hydrogen) atoms. The Balaban J connectivity index is 1.60. The molecule has 5 rings (SSSR count). The molecule has 0 saturated carbocycles. The Morgan fingerprint density at radius 2 is 2.00 bits per heavy atom. The van der Waals surface area contributed by atoms with Gasteiger partial charge in [-0.25, -0.2) is 0 Å². The SMILES string of the molecule is CCSNc1ccc(N2CCC3(CC2)COC3)c(-c2cn(C)c(=O)c3[nH]ccc23)c1. The second-order valence-electron chi connectivity index (χ2n) is 8.47. The van der Waals surface area contributed by atoms with Crippen molar-refractivity contribution in [1.82, 2.24) is 9.55 Å². The lowest BCUT2D eigenvalue weighted by atomic mass is 9.76. The van der Waals surface area contributed by atoms with Crippen LogP contribution in [0.3, 0.4) is 0 Å². The molecule has 1 spiro atoms. The van der Waals surface area contributed by atoms with E-state index in [4.69, 9.17) is 4.74 Å². The Morgan fingerprint density at radius 1 is 1.20 bits per heavy atom. The predicted octanol–water partition coefficient (Wildman–Crippen LogP) is 4.23. The van der Waals surface area contributed by atoms with Crippen molar-refractivity contribution in [3.8, 4) is 11.1 Å². The summed E-state index contributed by atoms with van der Waals surface area (Å²) in [5.74, 6) is 0.995. The summed E-state index contributed by atoms with van der Waals surface area (Å²) in [5.41, 5.74) is 5.63. The van der Waals surface area contributed by atoms with Gasteiger partial charge in [0.1, 0.15) is 5.52 Å². The number of hydrogen-bond donors (Lipinski definition) is 2. The number of fused-ring (bicyclic) bond motifs is 1. The number of nitrogens with zero attached hydrogens (tertiary/aromatic N) is 2. The van der Waals surface area contributed by atoms with Crippen LogP contribution in [0.2, 0.25) is 0 Å². The lowest BCUT2D eigenvalue weighted by Crippen LogP contribution is -2.51. The van der Waals surface area contributed by atoms with Crippen LogP contribution < -0.4 is 15.2 Å². The molecule has 2 aliphatic rings. The Morgan fingerprint density at radius 3 is 2.70 bits per heavy atom. The molecule has 2 saturated heterocycles. The van der Waals surface area contributed by atoms with Crippen LogP contribution in [0.15, 0.2) is 41.5 Å². The maximum atomic E-state index is 12.6. The van der Waals surface area contributed by atoms with Gasteiger partial charge in [0.05, 0.1) is 13.2 Å². The van der Waals surface area contributed by atoms with E-state index in [1.807, 2.05) is 25.5 Å². The lowest BCUT2D eigenvalue weighted by Gasteiger charge is -2.48. The molecular weight excluding hydrogens is 396 g/mol. The third kappa shape index (κ3) is 3.30. The van der Waals surface area contributed by atoms with Gasteiger partial charge < -0.3 is 23.9 Å². The molecular formula is C23H28N4O2S. The van der Waals surface area contributed by atoms with E-state index in [-0.39, 0.29) is 5.56 Å². The van der Waals surface area contributed by atoms with E-state index >= 15 is 0 Å². The first kappa shape index (κ1) is 19.6. The molecule has 3 aromatic rings. The summed E-state index contributed by atoms with van der Waals surface area (Å²) in [5, 5.41) is 0.973. The number of aryl methyl sites for hydroxylation is 1. The highest BCUT2D eigenvalue weighted by molar-refractivity contribution is 8.00. The van der Waals surface area contributed by atoms with Crippen LogP contribution in [-0.2, 0) is 11.8 Å². The van der Waals surface area contributed by atoms with Gasteiger partial charge in [-0.15, -0.1) is 0 Å². The maximum Gasteiger partial charge on any atom is 0.274 e. The Kier molecular flexibility index (Phi) is 5.03. The quantitative estimate of drug-likeness (QED) is 0.600. The van der Waals surface area contributed by atoms with Gasteiger partial charge in [-0.1, -0.05) is 18.9 Å². The zero-order valence-electron chi connectivity index (χ0n) is 17.5. The summed E-state index contributed by atoms with van der Waals surface area (Å²) in [6.07, 6.45) is 6.17. The molecule has 0 unspecified atom stereocenters. The Bertz CT molecular complexity index is 1120. The fraction of sp³-hybridized carbons (Fsp3) is 0.435. The molecule has 0 amide bonds. The van der Waals surface area contributed by atoms with Crippen molar-refractivity contribution >= 4 is 34.2 Å². The molecule has 6 nitrogen and oxygen atoms in total. The molecule has 2 N–H and O–H groups in total. The first-order valence-electron chi connectivity index (χ1n) is 10.6. The number of hydrogen-bond acceptors (Lipinski definition) is 5. The number of aromatic nitrogens is 2. The average Bonchev–Trinajstić information content (AvgIpc) is 3.24. The van der Waals surface area contributed by atoms with Gasteiger partial charge in [0.15, 0.2) is 0 Å². The molecule has 0 aliphatic carbocycles. The number of benzene rings is 1. The predicted molar refractivity (Wildman–Crippen MR) is 125 cm³/mol. The highest BCUT2D eigenvalue weighted by Gasteiger charge is 2.41. The van der Waals surface area contributed by atoms with Crippen LogP contribution in [0.4, 0.5) is 11.4 Å². The number of pyridine rings is 1. The van der Waals surface area contributed by atoms with Gasteiger partial charge in [-0.05, 0) is 37.1 Å². The van der Waals surface area contributed by atoms with Crippen molar-refractivity contribution in [3.63, 3.8) is 0 Å². The number of H-pyrrole nitrogens is 1. The molecule has 0 radical (unpaired) electrons. The smallest absolute Gasteiger partial charge is 0.274 e. The second kappa shape index (κ2) is 7.71. The van der Waals surface area contributed by atoms with Crippen LogP contribution in [0.25, 0.3) is 22.0 Å². The summed E-state index contributed by atoms with van der Waals surface area (Å²) in [6.45, 7) is 6.03. The van der Waals surface area contributed by atoms with E-state index in [2.05, 4.69) is 39.7 Å². The number of nitrogens with one attached hydrogen (secondary N) is 2. The molecule has 4 heterocycles. The summed E-state index contributed by atoms with van der Waals surface area (Å²) in [4.78, 5) is 18.2. The van der Waals surface area contributed by atoms with Gasteiger partial charge in [-0.2, -0.15) is 0 Å². The monoisotopic (exact) mass is 424 g/mol. The van der Waals surface area contributed by atoms with E-state index < -0.39 is 0 Å². The van der Waals surface area contributed by atoms with E-state index in [0.29, 0.717) is 10.9 Å². The van der Waals surface area contributed by atoms with Gasteiger partial charge in [0, 0.05) is 71.6 Å². The third-order valence-electron chi connectivity index (χ3n) is 6.50. The van der Waals surface area contributed by atoms with Crippen molar-refractivity contribution in [2.45, 2.75) is 19.8 Å². The number of anilines is 2. The first-order chi connectivity index (χ1) is 14.6. The van der Waals surface area contributed by atoms with Crippen LogP contribution >= 0.6 is 11.9 Å². The van der Waals surface area contributed by atoms with Crippen molar-refractivity contribution in [1.29, 1.82) is 0 Å². The van der Waals surface area contributed by atoms with Crippen molar-refractivity contribution in [2.24, 2.45) is 12.5 Å². The highest BCUT2D eigenvalue weighted by Crippen LogP contribution is 2.43. The number of aromatic amines is 1. The summed E-state index contributed by atoms with van der Waals surface area (Å²) in [7, 11) is 1.82. The molecule has 2 aliphatic heterocycles. The fourth-order valence-corrected chi connectivity index (χ4v) is 5.07. The Labute approximate surface area is 180 Å². The molecule has 0 bridgehead atoms. The minimum Gasteiger partial charge on any atom is -0.380 e. The molecule has 1 aromatic carbocycles. The van der Waals surface area contributed by atoms with Crippen LogP contribution in [0.5, 0.6) is 0 Å². The van der Waals surface area contributed by atoms with Gasteiger partial charge in [0.2, 0.25) is 0 Å². The average molecular weight is 425 g/mol. The van der Waals surface area contributed by atoms with Crippen molar-refractivity contribution < 1.29 is 4.74 Å². The summed E-state index contributed by atoms with van der Waals surface area (Å²) in [6, 6.07) is 8.62. The number of ether oxygens (including phenoxy) is 1. The third-order valence-corrected chi connectivity index (χ3v) is 7.17. The minimum atomic E-state index is 0.000941. The van der Waals surface area contributed by atoms with E-state index in [1.54, 1.807) is 16.5 Å². The van der Waals surface area contributed by atoms with Gasteiger partial charge in [0.25, 0.3) is 5.56 Å². The van der Waals surface area contributed by atoms with E-state index in [1.165, 1.54) is 18.5 Å². The normalized spacial score (nSPS) is 18.0. The van der Waals surface area contributed by atoms with Crippen LogP contribution in [0.1, 0.15) is 19.8 Å². The molecule has 158 valence electrons. The second-order valence-corrected chi connectivity index (χ2v) is 9.54. The Hall–Kier alpha value is -2.38. The van der Waals surface area contributed by atoms with Crippen molar-refractivity contribution in [3.05, 3.63) is 47.0 Å². The first-order valence-corrected chi connectivity index (χ1v) is 11.6. The zero-order chi connectivity index (χ0) is 20.7. The molecule has 2 fully saturated rings. The molecule has 0 atom stereocenters. The molecule has 7 heteroatoms. The largest absolute Gasteiger partial charge is 0.380 e. The topological polar surface area (TPSA) is 62.3 Å². The van der Waals surface area contributed by atoms with Crippen LogP contribution in [0, 0.1) is 5.41 Å². The van der Waals surface area contributed by atoms with Crippen LogP contribution in [-0.4, -0.2) is 41.6 Å². The summed E-state index contributed by atoms with van der Waals surface area (Å²) >= 11 is 1.69. The number of rotatable bonds is 5. The van der Waals surface area contributed by atoms with Gasteiger partial charge in [-0.3, -0.25) is 4.79 Å². The maximum absolute atomic E-state index is 12.6. The minimum absolute atomic E-state index is 0.000941. The van der Waals surface area contributed by atoms with Crippen molar-refractivity contribution in [2.75, 3.05) is 41.7 Å². The summed E-state index contributed by atoms with van der Waals surface area (Å²) < 4.78 is 10.6. The fourth-order valence-electron chi connectivity index (χ4n) is 4.63. The standard InChI is InChI=1S/C23H28N4O2S/c1-3-30-25-16-4-5-20(27-10-7-23(8-11-27)14-29-15-23)18(12-16)19-13-26(2)22(28)21-17(19)6-9-24-21/h4-6,9,12-13,24-25H,3,7-8,10-11,14-15H2,1-2H3.